The summed E-state index contributed by atoms with van der Waals surface area (Å²) in [5.74, 6) is 0. The second-order valence-corrected chi connectivity index (χ2v) is 6.71. The number of likely N-dealkylation sites (tertiary alicyclic amines) is 1. The fraction of sp³-hybridized carbons (Fsp3) is 0.625. The molecule has 0 N–H and O–H groups in total. The predicted molar refractivity (Wildman–Crippen MR) is 90.7 cm³/mol. The second kappa shape index (κ2) is 8.22. The summed E-state index contributed by atoms with van der Waals surface area (Å²) in [6, 6.07) is 8.71. The van der Waals surface area contributed by atoms with Crippen molar-refractivity contribution < 1.29 is 0 Å². The molecule has 3 heteroatoms. The van der Waals surface area contributed by atoms with Gasteiger partial charge < -0.3 is 9.80 Å². The van der Waals surface area contributed by atoms with Gasteiger partial charge in [-0.2, -0.15) is 0 Å². The Labute approximate surface area is 131 Å². The van der Waals surface area contributed by atoms with Crippen molar-refractivity contribution in [1.82, 2.24) is 9.80 Å². The maximum atomic E-state index is 2.62. The van der Waals surface area contributed by atoms with Crippen LogP contribution in [0.2, 0.25) is 0 Å². The molecular weight excluding hydrogens is 347 g/mol. The number of rotatable bonds is 6. The molecule has 0 atom stereocenters. The molecule has 0 saturated carbocycles. The highest BCUT2D eigenvalue weighted by atomic mass is 127. The third-order valence-electron chi connectivity index (χ3n) is 3.97. The Bertz CT molecular complexity index is 375. The second-order valence-electron chi connectivity index (χ2n) is 5.55. The van der Waals surface area contributed by atoms with Gasteiger partial charge in [0.15, 0.2) is 0 Å². The van der Waals surface area contributed by atoms with E-state index in [1.165, 1.54) is 54.6 Å². The van der Waals surface area contributed by atoms with E-state index < -0.39 is 0 Å². The van der Waals surface area contributed by atoms with Crippen LogP contribution in [0, 0.1) is 3.57 Å². The number of halogens is 1. The van der Waals surface area contributed by atoms with Gasteiger partial charge in [-0.05, 0) is 73.6 Å². The Hall–Kier alpha value is -0.130. The third-order valence-corrected chi connectivity index (χ3v) is 5.02. The maximum Gasteiger partial charge on any atom is 0.0162 e. The van der Waals surface area contributed by atoms with Crippen LogP contribution in [0.5, 0.6) is 0 Å². The van der Waals surface area contributed by atoms with E-state index >= 15 is 0 Å². The zero-order valence-corrected chi connectivity index (χ0v) is 14.1. The molecule has 0 unspecified atom stereocenters. The largest absolute Gasteiger partial charge is 0.305 e. The van der Waals surface area contributed by atoms with Gasteiger partial charge in [0.2, 0.25) is 0 Å². The molecule has 2 rings (SSSR count). The molecule has 0 aromatic heterocycles. The minimum atomic E-state index is 1.16. The minimum Gasteiger partial charge on any atom is -0.305 e. The van der Waals surface area contributed by atoms with Gasteiger partial charge in [0.25, 0.3) is 0 Å². The van der Waals surface area contributed by atoms with Crippen LogP contribution in [0.1, 0.15) is 24.8 Å². The first-order chi connectivity index (χ1) is 9.25. The van der Waals surface area contributed by atoms with Crippen LogP contribution >= 0.6 is 22.6 Å². The van der Waals surface area contributed by atoms with E-state index in [9.17, 15) is 0 Å². The van der Waals surface area contributed by atoms with Crippen LogP contribution in [-0.4, -0.2) is 49.6 Å². The number of hydrogen-bond donors (Lipinski definition) is 0. The Morgan fingerprint density at radius 1 is 1.11 bits per heavy atom. The molecule has 19 heavy (non-hydrogen) atoms. The van der Waals surface area contributed by atoms with Crippen LogP contribution in [0.4, 0.5) is 0 Å². The molecule has 0 bridgehead atoms. The summed E-state index contributed by atoms with van der Waals surface area (Å²) in [5, 5.41) is 0. The number of hydrogen-bond acceptors (Lipinski definition) is 2. The lowest BCUT2D eigenvalue weighted by Crippen LogP contribution is -2.37. The first kappa shape index (κ1) is 15.3. The lowest BCUT2D eigenvalue weighted by Gasteiger charge is -2.28. The molecule has 2 nitrogen and oxygen atoms in total. The first-order valence-corrected chi connectivity index (χ1v) is 8.48. The van der Waals surface area contributed by atoms with E-state index in [0.29, 0.717) is 0 Å². The zero-order chi connectivity index (χ0) is 13.5. The highest BCUT2D eigenvalue weighted by molar-refractivity contribution is 14.1. The molecule has 1 fully saturated rings. The van der Waals surface area contributed by atoms with Crippen LogP contribution in [0.15, 0.2) is 24.3 Å². The van der Waals surface area contributed by atoms with Gasteiger partial charge in [-0.1, -0.05) is 24.6 Å². The van der Waals surface area contributed by atoms with Crippen molar-refractivity contribution in [2.45, 2.75) is 25.7 Å². The average molecular weight is 372 g/mol. The van der Waals surface area contributed by atoms with Gasteiger partial charge in [-0.15, -0.1) is 0 Å². The Kier molecular flexibility index (Phi) is 6.61. The molecule has 0 spiro atoms. The van der Waals surface area contributed by atoms with Crippen molar-refractivity contribution in [3.63, 3.8) is 0 Å². The molecule has 1 heterocycles. The zero-order valence-electron chi connectivity index (χ0n) is 11.9. The fourth-order valence-electron chi connectivity index (χ4n) is 2.62. The van der Waals surface area contributed by atoms with E-state index in [-0.39, 0.29) is 0 Å². The Morgan fingerprint density at radius 2 is 1.84 bits per heavy atom. The Balaban J connectivity index is 1.66. The summed E-state index contributed by atoms with van der Waals surface area (Å²) in [6.45, 7) is 6.22. The lowest BCUT2D eigenvalue weighted by molar-refractivity contribution is 0.197. The summed E-state index contributed by atoms with van der Waals surface area (Å²) < 4.78 is 1.39. The van der Waals surface area contributed by atoms with E-state index in [4.69, 9.17) is 0 Å². The SMILES string of the molecule is CN(CCc1ccccc1I)CCN1CCCCC1. The topological polar surface area (TPSA) is 6.48 Å². The predicted octanol–water partition coefficient (Wildman–Crippen LogP) is 3.25. The van der Waals surface area contributed by atoms with Gasteiger partial charge in [-0.3, -0.25) is 0 Å². The van der Waals surface area contributed by atoms with Crippen molar-refractivity contribution in [2.24, 2.45) is 0 Å². The first-order valence-electron chi connectivity index (χ1n) is 7.40. The fourth-order valence-corrected chi connectivity index (χ4v) is 3.28. The quantitative estimate of drug-likeness (QED) is 0.708. The van der Waals surface area contributed by atoms with Crippen molar-refractivity contribution in [1.29, 1.82) is 0 Å². The van der Waals surface area contributed by atoms with Crippen LogP contribution in [-0.2, 0) is 6.42 Å². The summed E-state index contributed by atoms with van der Waals surface area (Å²) in [4.78, 5) is 5.09. The number of benzene rings is 1. The molecule has 1 aromatic carbocycles. The minimum absolute atomic E-state index is 1.16. The molecular formula is C16H25IN2. The number of piperidine rings is 1. The molecule has 1 aliphatic heterocycles. The van der Waals surface area contributed by atoms with Crippen LogP contribution in [0.3, 0.4) is 0 Å². The molecule has 0 radical (unpaired) electrons. The number of nitrogens with zero attached hydrogens (tertiary/aromatic N) is 2. The standard InChI is InChI=1S/C16H25IN2/c1-18(13-14-19-10-5-2-6-11-19)12-9-15-7-3-4-8-16(15)17/h3-4,7-8H,2,5-6,9-14H2,1H3. The van der Waals surface area contributed by atoms with Crippen molar-refractivity contribution >= 4 is 22.6 Å². The summed E-state index contributed by atoms with van der Waals surface area (Å²) in [7, 11) is 2.25. The molecule has 0 amide bonds. The van der Waals surface area contributed by atoms with E-state index in [2.05, 4.69) is 63.7 Å². The van der Waals surface area contributed by atoms with Gasteiger partial charge in [0.05, 0.1) is 0 Å². The van der Waals surface area contributed by atoms with Gasteiger partial charge >= 0.3 is 0 Å². The summed E-state index contributed by atoms with van der Waals surface area (Å²) in [5.41, 5.74) is 1.48. The highest BCUT2D eigenvalue weighted by Gasteiger charge is 2.10. The van der Waals surface area contributed by atoms with E-state index in [1.54, 1.807) is 0 Å². The van der Waals surface area contributed by atoms with Gasteiger partial charge in [0, 0.05) is 23.2 Å². The Morgan fingerprint density at radius 3 is 2.58 bits per heavy atom. The highest BCUT2D eigenvalue weighted by Crippen LogP contribution is 2.12. The van der Waals surface area contributed by atoms with Crippen LogP contribution < -0.4 is 0 Å². The van der Waals surface area contributed by atoms with E-state index in [0.717, 1.165) is 13.0 Å². The molecule has 1 aromatic rings. The average Bonchev–Trinajstić information content (AvgIpc) is 2.45. The van der Waals surface area contributed by atoms with Gasteiger partial charge in [0.1, 0.15) is 0 Å². The normalized spacial score (nSPS) is 17.0. The van der Waals surface area contributed by atoms with Gasteiger partial charge in [-0.25, -0.2) is 0 Å². The lowest BCUT2D eigenvalue weighted by atomic mass is 10.1. The van der Waals surface area contributed by atoms with Crippen molar-refractivity contribution in [2.75, 3.05) is 39.8 Å². The van der Waals surface area contributed by atoms with E-state index in [1.807, 2.05) is 0 Å². The van der Waals surface area contributed by atoms with Crippen LogP contribution in [0.25, 0.3) is 0 Å². The third kappa shape index (κ3) is 5.40. The molecule has 1 aliphatic rings. The summed E-state index contributed by atoms with van der Waals surface area (Å²) >= 11 is 2.44. The number of likely N-dealkylation sites (N-methyl/N-ethyl adjacent to an activating group) is 1. The smallest absolute Gasteiger partial charge is 0.0162 e. The summed E-state index contributed by atoms with van der Waals surface area (Å²) in [6.07, 6.45) is 5.38. The molecule has 1 saturated heterocycles. The van der Waals surface area contributed by atoms with Crippen molar-refractivity contribution in [3.8, 4) is 0 Å². The molecule has 106 valence electrons. The molecule has 0 aliphatic carbocycles. The maximum absolute atomic E-state index is 2.62. The van der Waals surface area contributed by atoms with Crippen molar-refractivity contribution in [3.05, 3.63) is 33.4 Å². The monoisotopic (exact) mass is 372 g/mol.